The fourth-order valence-electron chi connectivity index (χ4n) is 2.83. The molecule has 0 bridgehead atoms. The van der Waals surface area contributed by atoms with Crippen LogP contribution in [0.15, 0.2) is 77.3 Å². The molecule has 0 fully saturated rings. The molecule has 2 amide bonds. The number of hydrogen-bond acceptors (Lipinski definition) is 4. The Labute approximate surface area is 200 Å². The second-order valence-corrected chi connectivity index (χ2v) is 8.38. The van der Waals surface area contributed by atoms with Gasteiger partial charge in [-0.3, -0.25) is 25.8 Å². The zero-order valence-electron chi connectivity index (χ0n) is 17.5. The van der Waals surface area contributed by atoms with E-state index >= 15 is 0 Å². The van der Waals surface area contributed by atoms with Crippen molar-refractivity contribution in [2.45, 2.75) is 20.0 Å². The van der Waals surface area contributed by atoms with Gasteiger partial charge in [0.2, 0.25) is 0 Å². The van der Waals surface area contributed by atoms with Crippen molar-refractivity contribution in [3.05, 3.63) is 88.4 Å². The molecule has 0 unspecified atom stereocenters. The van der Waals surface area contributed by atoms with Crippen LogP contribution in [0.3, 0.4) is 0 Å². The van der Waals surface area contributed by atoms with Crippen molar-refractivity contribution >= 4 is 45.1 Å². The minimum atomic E-state index is -0.416. The molecule has 0 saturated heterocycles. The van der Waals surface area contributed by atoms with Gasteiger partial charge in [0.15, 0.2) is 5.11 Å². The Morgan fingerprint density at radius 1 is 0.844 bits per heavy atom. The van der Waals surface area contributed by atoms with Gasteiger partial charge in [0.1, 0.15) is 5.75 Å². The summed E-state index contributed by atoms with van der Waals surface area (Å²) in [5.74, 6) is -0.150. The molecular weight excluding hydrogens is 490 g/mol. The first-order valence-corrected chi connectivity index (χ1v) is 11.1. The van der Waals surface area contributed by atoms with Crippen molar-refractivity contribution in [2.75, 3.05) is 0 Å². The van der Waals surface area contributed by atoms with Gasteiger partial charge in [0.25, 0.3) is 11.8 Å². The highest BCUT2D eigenvalue weighted by atomic mass is 79.9. The van der Waals surface area contributed by atoms with Crippen LogP contribution in [0, 0.1) is 0 Å². The van der Waals surface area contributed by atoms with Gasteiger partial charge in [-0.2, -0.15) is 0 Å². The molecule has 0 aliphatic rings. The van der Waals surface area contributed by atoms with Gasteiger partial charge in [0.05, 0.1) is 10.6 Å². The molecule has 3 N–H and O–H groups in total. The average molecular weight is 512 g/mol. The van der Waals surface area contributed by atoms with Crippen LogP contribution in [0.25, 0.3) is 11.1 Å². The third-order valence-corrected chi connectivity index (χ3v) is 5.15. The fraction of sp³-hybridized carbons (Fsp3) is 0.125. The molecule has 32 heavy (non-hydrogen) atoms. The minimum absolute atomic E-state index is 0.0147. The first-order valence-electron chi connectivity index (χ1n) is 9.87. The lowest BCUT2D eigenvalue weighted by Crippen LogP contribution is -2.48. The Morgan fingerprint density at radius 3 is 2.09 bits per heavy atom. The van der Waals surface area contributed by atoms with Gasteiger partial charge < -0.3 is 4.74 Å². The molecule has 164 valence electrons. The predicted octanol–water partition coefficient (Wildman–Crippen LogP) is 4.85. The van der Waals surface area contributed by atoms with E-state index in [1.165, 1.54) is 0 Å². The van der Waals surface area contributed by atoms with Crippen LogP contribution >= 0.6 is 28.1 Å². The average Bonchev–Trinajstić information content (AvgIpc) is 2.79. The molecule has 0 atom stereocenters. The Morgan fingerprint density at radius 2 is 1.47 bits per heavy atom. The number of benzene rings is 3. The Bertz CT molecular complexity index is 1120. The van der Waals surface area contributed by atoms with Crippen molar-refractivity contribution in [1.82, 2.24) is 16.2 Å². The van der Waals surface area contributed by atoms with Gasteiger partial charge in [-0.25, -0.2) is 0 Å². The lowest BCUT2D eigenvalue weighted by molar-refractivity contribution is 0.0934. The minimum Gasteiger partial charge on any atom is -0.490 e. The van der Waals surface area contributed by atoms with Crippen LogP contribution in [0.2, 0.25) is 0 Å². The number of nitrogens with one attached hydrogen (secondary N) is 3. The van der Waals surface area contributed by atoms with E-state index in [0.29, 0.717) is 21.3 Å². The second kappa shape index (κ2) is 10.9. The molecule has 0 aliphatic heterocycles. The smallest absolute Gasteiger partial charge is 0.269 e. The van der Waals surface area contributed by atoms with Crippen LogP contribution in [-0.4, -0.2) is 23.0 Å². The number of thiocarbonyl (C=S) groups is 1. The zero-order chi connectivity index (χ0) is 23.1. The third kappa shape index (κ3) is 6.38. The maximum absolute atomic E-state index is 12.4. The lowest BCUT2D eigenvalue weighted by atomic mass is 10.0. The number of hydrazine groups is 1. The molecule has 0 spiro atoms. The summed E-state index contributed by atoms with van der Waals surface area (Å²) in [6.45, 7) is 3.84. The van der Waals surface area contributed by atoms with Gasteiger partial charge in [-0.15, -0.1) is 0 Å². The van der Waals surface area contributed by atoms with Gasteiger partial charge >= 0.3 is 0 Å². The summed E-state index contributed by atoms with van der Waals surface area (Å²) < 4.78 is 6.29. The summed E-state index contributed by atoms with van der Waals surface area (Å²) in [5, 5.41) is 2.50. The van der Waals surface area contributed by atoms with E-state index < -0.39 is 5.91 Å². The number of carbonyl (C=O) groups excluding carboxylic acids is 2. The monoisotopic (exact) mass is 511 g/mol. The van der Waals surface area contributed by atoms with E-state index in [9.17, 15) is 9.59 Å². The summed E-state index contributed by atoms with van der Waals surface area (Å²) in [4.78, 5) is 24.8. The van der Waals surface area contributed by atoms with E-state index in [1.54, 1.807) is 30.3 Å². The van der Waals surface area contributed by atoms with E-state index in [1.807, 2.05) is 56.3 Å². The fourth-order valence-corrected chi connectivity index (χ4v) is 3.44. The Hall–Kier alpha value is -3.23. The molecular formula is C24H22BrN3O3S. The number of hydrogen-bond donors (Lipinski definition) is 3. The number of carbonyl (C=O) groups is 2. The van der Waals surface area contributed by atoms with Crippen molar-refractivity contribution in [1.29, 1.82) is 0 Å². The van der Waals surface area contributed by atoms with Crippen molar-refractivity contribution in [3.63, 3.8) is 0 Å². The molecule has 8 heteroatoms. The van der Waals surface area contributed by atoms with E-state index in [4.69, 9.17) is 17.0 Å². The predicted molar refractivity (Wildman–Crippen MR) is 132 cm³/mol. The third-order valence-electron chi connectivity index (χ3n) is 4.33. The summed E-state index contributed by atoms with van der Waals surface area (Å²) in [6.07, 6.45) is 0.0147. The summed E-state index contributed by atoms with van der Waals surface area (Å²) in [6, 6.07) is 22.0. The zero-order valence-corrected chi connectivity index (χ0v) is 19.9. The molecule has 0 saturated carbocycles. The SMILES string of the molecule is CC(C)Oc1ccc(C(=O)NC(=S)NNC(=O)c2ccc(-c3ccccc3)cc2)cc1Br. The van der Waals surface area contributed by atoms with Crippen LogP contribution in [0.1, 0.15) is 34.6 Å². The molecule has 6 nitrogen and oxygen atoms in total. The molecule has 0 aromatic heterocycles. The van der Waals surface area contributed by atoms with Crippen LogP contribution in [0.4, 0.5) is 0 Å². The van der Waals surface area contributed by atoms with E-state index in [2.05, 4.69) is 32.1 Å². The second-order valence-electron chi connectivity index (χ2n) is 7.12. The topological polar surface area (TPSA) is 79.5 Å². The highest BCUT2D eigenvalue weighted by Gasteiger charge is 2.12. The normalized spacial score (nSPS) is 10.4. The standard InChI is InChI=1S/C24H22BrN3O3S/c1-15(2)31-21-13-12-19(14-20(21)25)22(29)26-24(32)28-27-23(30)18-10-8-17(9-11-18)16-6-4-3-5-7-16/h3-15H,1-2H3,(H,27,30)(H2,26,28,29,32). The maximum Gasteiger partial charge on any atom is 0.269 e. The van der Waals surface area contributed by atoms with Crippen LogP contribution in [-0.2, 0) is 0 Å². The van der Waals surface area contributed by atoms with Crippen molar-refractivity contribution in [2.24, 2.45) is 0 Å². The molecule has 3 aromatic carbocycles. The van der Waals surface area contributed by atoms with Gasteiger partial charge in [0, 0.05) is 11.1 Å². The van der Waals surface area contributed by atoms with Gasteiger partial charge in [-0.1, -0.05) is 42.5 Å². The maximum atomic E-state index is 12.4. The van der Waals surface area contributed by atoms with Crippen LogP contribution < -0.4 is 20.9 Å². The van der Waals surface area contributed by atoms with Crippen LogP contribution in [0.5, 0.6) is 5.75 Å². The first-order chi connectivity index (χ1) is 15.3. The molecule has 0 radical (unpaired) electrons. The highest BCUT2D eigenvalue weighted by molar-refractivity contribution is 9.10. The van der Waals surface area contributed by atoms with Crippen molar-refractivity contribution in [3.8, 4) is 16.9 Å². The molecule has 0 aliphatic carbocycles. The van der Waals surface area contributed by atoms with E-state index in [0.717, 1.165) is 11.1 Å². The summed E-state index contributed by atoms with van der Waals surface area (Å²) >= 11 is 8.50. The van der Waals surface area contributed by atoms with E-state index in [-0.39, 0.29) is 17.1 Å². The first kappa shape index (κ1) is 23.4. The number of ether oxygens (including phenoxy) is 1. The number of halogens is 1. The largest absolute Gasteiger partial charge is 0.490 e. The van der Waals surface area contributed by atoms with Crippen molar-refractivity contribution < 1.29 is 14.3 Å². The van der Waals surface area contributed by atoms with Gasteiger partial charge in [-0.05, 0) is 83.5 Å². The molecule has 0 heterocycles. The quantitative estimate of drug-likeness (QED) is 0.337. The summed E-state index contributed by atoms with van der Waals surface area (Å²) in [5.41, 5.74) is 7.94. The number of amides is 2. The Kier molecular flexibility index (Phi) is 7.97. The number of rotatable bonds is 5. The summed E-state index contributed by atoms with van der Waals surface area (Å²) in [7, 11) is 0. The molecule has 3 aromatic rings. The Balaban J connectivity index is 1.52. The lowest BCUT2D eigenvalue weighted by Gasteiger charge is -2.13. The highest BCUT2D eigenvalue weighted by Crippen LogP contribution is 2.27. The molecule has 3 rings (SSSR count).